The van der Waals surface area contributed by atoms with E-state index in [2.05, 4.69) is 21.2 Å². The number of nitrogens with two attached hydrogens (primary N) is 1. The standard InChI is InChI=1S/C7H7BrN2O.ClH/c8-5-1-3-6(4-2-5)10-7(9)11;/h1-4H,(H3,9,10,11);1H. The molecule has 1 aromatic rings. The molecule has 3 nitrogen and oxygen atoms in total. The summed E-state index contributed by atoms with van der Waals surface area (Å²) in [7, 11) is 0. The number of hydrogen-bond donors (Lipinski definition) is 2. The molecule has 12 heavy (non-hydrogen) atoms. The van der Waals surface area contributed by atoms with Crippen molar-refractivity contribution in [2.75, 3.05) is 5.32 Å². The first-order valence-corrected chi connectivity index (χ1v) is 3.80. The fourth-order valence-electron chi connectivity index (χ4n) is 0.675. The van der Waals surface area contributed by atoms with Crippen LogP contribution in [0.1, 0.15) is 0 Å². The quantitative estimate of drug-likeness (QED) is 0.791. The highest BCUT2D eigenvalue weighted by Gasteiger charge is 1.93. The second-order valence-electron chi connectivity index (χ2n) is 2.00. The Kier molecular flexibility index (Phi) is 4.70. The van der Waals surface area contributed by atoms with Crippen molar-refractivity contribution < 1.29 is 4.79 Å². The van der Waals surface area contributed by atoms with E-state index in [0.29, 0.717) is 5.69 Å². The summed E-state index contributed by atoms with van der Waals surface area (Å²) in [5, 5.41) is 2.45. The van der Waals surface area contributed by atoms with Gasteiger partial charge >= 0.3 is 6.03 Å². The van der Waals surface area contributed by atoms with Gasteiger partial charge in [0.05, 0.1) is 0 Å². The highest BCUT2D eigenvalue weighted by Crippen LogP contribution is 2.13. The van der Waals surface area contributed by atoms with Crippen LogP contribution in [0.3, 0.4) is 0 Å². The Morgan fingerprint density at radius 1 is 1.33 bits per heavy atom. The number of halogens is 2. The molecule has 0 spiro atoms. The summed E-state index contributed by atoms with van der Waals surface area (Å²) < 4.78 is 0.965. The molecule has 0 saturated heterocycles. The van der Waals surface area contributed by atoms with Crippen LogP contribution in [0.2, 0.25) is 0 Å². The molecule has 0 atom stereocenters. The Bertz CT molecular complexity index is 263. The third kappa shape index (κ3) is 3.59. The summed E-state index contributed by atoms with van der Waals surface area (Å²) in [5.74, 6) is 0. The third-order valence-corrected chi connectivity index (χ3v) is 1.64. The molecule has 0 aliphatic heterocycles. The summed E-state index contributed by atoms with van der Waals surface area (Å²) in [6.07, 6.45) is 0. The molecule has 0 aliphatic rings. The maximum Gasteiger partial charge on any atom is 0.316 e. The van der Waals surface area contributed by atoms with Crippen molar-refractivity contribution in [3.63, 3.8) is 0 Å². The van der Waals surface area contributed by atoms with E-state index in [0.717, 1.165) is 4.47 Å². The number of benzene rings is 1. The van der Waals surface area contributed by atoms with Gasteiger partial charge in [0.2, 0.25) is 0 Å². The van der Waals surface area contributed by atoms with Crippen LogP contribution in [-0.4, -0.2) is 6.03 Å². The molecule has 66 valence electrons. The van der Waals surface area contributed by atoms with E-state index in [1.807, 2.05) is 12.1 Å². The Labute approximate surface area is 84.9 Å². The zero-order valence-corrected chi connectivity index (χ0v) is 8.48. The van der Waals surface area contributed by atoms with Crippen LogP contribution in [0.5, 0.6) is 0 Å². The number of amides is 2. The minimum Gasteiger partial charge on any atom is -0.351 e. The Hall–Kier alpha value is -0.740. The first kappa shape index (κ1) is 11.3. The molecule has 0 aliphatic carbocycles. The molecule has 3 N–H and O–H groups in total. The van der Waals surface area contributed by atoms with E-state index >= 15 is 0 Å². The van der Waals surface area contributed by atoms with Gasteiger partial charge in [-0.2, -0.15) is 0 Å². The van der Waals surface area contributed by atoms with Crippen molar-refractivity contribution >= 4 is 40.1 Å². The number of urea groups is 1. The van der Waals surface area contributed by atoms with Gasteiger partial charge in [-0.25, -0.2) is 4.79 Å². The van der Waals surface area contributed by atoms with Gasteiger partial charge in [-0.1, -0.05) is 15.9 Å². The van der Waals surface area contributed by atoms with Crippen LogP contribution in [0.4, 0.5) is 10.5 Å². The topological polar surface area (TPSA) is 55.1 Å². The van der Waals surface area contributed by atoms with Crippen LogP contribution in [0.25, 0.3) is 0 Å². The monoisotopic (exact) mass is 250 g/mol. The molecule has 0 fully saturated rings. The van der Waals surface area contributed by atoms with Crippen molar-refractivity contribution in [3.8, 4) is 0 Å². The number of carbonyl (C=O) groups is 1. The maximum absolute atomic E-state index is 10.4. The molecule has 5 heteroatoms. The lowest BCUT2D eigenvalue weighted by Gasteiger charge is -1.99. The van der Waals surface area contributed by atoms with Crippen LogP contribution in [0.15, 0.2) is 28.7 Å². The normalized spacial score (nSPS) is 8.42. The molecule has 0 saturated carbocycles. The van der Waals surface area contributed by atoms with E-state index in [4.69, 9.17) is 5.73 Å². The van der Waals surface area contributed by atoms with E-state index in [1.165, 1.54) is 0 Å². The average Bonchev–Trinajstić information content (AvgIpc) is 1.93. The predicted octanol–water partition coefficient (Wildman–Crippen LogP) is 2.36. The first-order valence-electron chi connectivity index (χ1n) is 3.00. The average molecular weight is 252 g/mol. The fraction of sp³-hybridized carbons (Fsp3) is 0. The van der Waals surface area contributed by atoms with Gasteiger partial charge in [0.15, 0.2) is 0 Å². The van der Waals surface area contributed by atoms with Gasteiger partial charge in [0.1, 0.15) is 0 Å². The number of anilines is 1. The predicted molar refractivity (Wildman–Crippen MR) is 54.6 cm³/mol. The van der Waals surface area contributed by atoms with Crippen molar-refractivity contribution in [2.24, 2.45) is 5.73 Å². The number of primary amides is 1. The molecule has 0 radical (unpaired) electrons. The molecule has 1 aromatic carbocycles. The molecule has 0 heterocycles. The van der Waals surface area contributed by atoms with Crippen LogP contribution >= 0.6 is 28.3 Å². The van der Waals surface area contributed by atoms with Crippen molar-refractivity contribution in [2.45, 2.75) is 0 Å². The first-order chi connectivity index (χ1) is 5.18. The fourth-order valence-corrected chi connectivity index (χ4v) is 0.940. The lowest BCUT2D eigenvalue weighted by Crippen LogP contribution is -2.18. The molecule has 2 amide bonds. The highest BCUT2D eigenvalue weighted by molar-refractivity contribution is 9.10. The zero-order chi connectivity index (χ0) is 8.27. The van der Waals surface area contributed by atoms with Gasteiger partial charge < -0.3 is 11.1 Å². The summed E-state index contributed by atoms with van der Waals surface area (Å²) in [6, 6.07) is 6.62. The van der Waals surface area contributed by atoms with Gasteiger partial charge in [0.25, 0.3) is 0 Å². The van der Waals surface area contributed by atoms with E-state index < -0.39 is 6.03 Å². The summed E-state index contributed by atoms with van der Waals surface area (Å²) in [6.45, 7) is 0. The molecule has 1 rings (SSSR count). The zero-order valence-electron chi connectivity index (χ0n) is 6.08. The third-order valence-electron chi connectivity index (χ3n) is 1.11. The smallest absolute Gasteiger partial charge is 0.316 e. The van der Waals surface area contributed by atoms with E-state index in [-0.39, 0.29) is 12.4 Å². The highest BCUT2D eigenvalue weighted by atomic mass is 79.9. The van der Waals surface area contributed by atoms with Gasteiger partial charge in [-0.15, -0.1) is 12.4 Å². The summed E-state index contributed by atoms with van der Waals surface area (Å²) >= 11 is 3.27. The molecular formula is C7H8BrClN2O. The van der Waals surface area contributed by atoms with Gasteiger partial charge in [0, 0.05) is 10.2 Å². The number of carbonyl (C=O) groups excluding carboxylic acids is 1. The minimum atomic E-state index is -0.549. The number of rotatable bonds is 1. The molecule has 0 bridgehead atoms. The van der Waals surface area contributed by atoms with Crippen molar-refractivity contribution in [3.05, 3.63) is 28.7 Å². The second-order valence-corrected chi connectivity index (χ2v) is 2.91. The lowest BCUT2D eigenvalue weighted by molar-refractivity contribution is 0.259. The Balaban J connectivity index is 0.00000121. The van der Waals surface area contributed by atoms with E-state index in [9.17, 15) is 4.79 Å². The SMILES string of the molecule is Cl.NC(=O)Nc1ccc(Br)cc1. The number of hydrogen-bond acceptors (Lipinski definition) is 1. The molecule has 0 aromatic heterocycles. The van der Waals surface area contributed by atoms with Crippen LogP contribution in [-0.2, 0) is 0 Å². The van der Waals surface area contributed by atoms with E-state index in [1.54, 1.807) is 12.1 Å². The van der Waals surface area contributed by atoms with Gasteiger partial charge in [-0.3, -0.25) is 0 Å². The minimum absolute atomic E-state index is 0. The molecule has 0 unspecified atom stereocenters. The summed E-state index contributed by atoms with van der Waals surface area (Å²) in [4.78, 5) is 10.4. The maximum atomic E-state index is 10.4. The van der Waals surface area contributed by atoms with Crippen LogP contribution in [0, 0.1) is 0 Å². The van der Waals surface area contributed by atoms with Crippen molar-refractivity contribution in [1.29, 1.82) is 0 Å². The largest absolute Gasteiger partial charge is 0.351 e. The Morgan fingerprint density at radius 2 is 1.83 bits per heavy atom. The van der Waals surface area contributed by atoms with Crippen molar-refractivity contribution in [1.82, 2.24) is 0 Å². The lowest BCUT2D eigenvalue weighted by atomic mass is 10.3. The van der Waals surface area contributed by atoms with Gasteiger partial charge in [-0.05, 0) is 24.3 Å². The summed E-state index contributed by atoms with van der Waals surface area (Å²) in [5.41, 5.74) is 5.60. The number of nitrogens with one attached hydrogen (secondary N) is 1. The Morgan fingerprint density at radius 3 is 2.25 bits per heavy atom. The second kappa shape index (κ2) is 5.00. The molecular weight excluding hydrogens is 243 g/mol. The van der Waals surface area contributed by atoms with Crippen LogP contribution < -0.4 is 11.1 Å².